The van der Waals surface area contributed by atoms with Gasteiger partial charge in [-0.25, -0.2) is 0 Å². The average Bonchev–Trinajstić information content (AvgIpc) is 2.80. The van der Waals surface area contributed by atoms with Crippen molar-refractivity contribution in [3.63, 3.8) is 0 Å². The minimum Gasteiger partial charge on any atom is -0.313 e. The predicted molar refractivity (Wildman–Crippen MR) is 81.0 cm³/mol. The fourth-order valence-corrected chi connectivity index (χ4v) is 3.21. The molecule has 1 unspecified atom stereocenters. The fourth-order valence-electron chi connectivity index (χ4n) is 3.21. The molecular weight excluding hydrogens is 220 g/mol. The predicted octanol–water partition coefficient (Wildman–Crippen LogP) is 3.67. The Balaban J connectivity index is 2.54. The van der Waals surface area contributed by atoms with E-state index in [2.05, 4.69) is 37.9 Å². The summed E-state index contributed by atoms with van der Waals surface area (Å²) in [6, 6.07) is 1.56. The van der Waals surface area contributed by atoms with E-state index in [0.717, 1.165) is 18.0 Å². The van der Waals surface area contributed by atoms with Crippen LogP contribution in [0.3, 0.4) is 0 Å². The molecule has 1 rings (SSSR count). The first kappa shape index (κ1) is 16.0. The molecule has 0 saturated carbocycles. The first-order valence-corrected chi connectivity index (χ1v) is 8.14. The SMILES string of the molecule is CCCC(CCC)N(CC(C)C)CC1CCCN1. The number of hydrogen-bond donors (Lipinski definition) is 1. The summed E-state index contributed by atoms with van der Waals surface area (Å²) in [4.78, 5) is 2.78. The standard InChI is InChI=1S/C16H34N2/c1-5-8-16(9-6-2)18(12-14(3)4)13-15-10-7-11-17-15/h14-17H,5-13H2,1-4H3. The maximum atomic E-state index is 3.66. The van der Waals surface area contributed by atoms with Crippen molar-refractivity contribution in [3.05, 3.63) is 0 Å². The topological polar surface area (TPSA) is 15.3 Å². The Labute approximate surface area is 115 Å². The largest absolute Gasteiger partial charge is 0.313 e. The van der Waals surface area contributed by atoms with Crippen LogP contribution in [-0.2, 0) is 0 Å². The molecule has 0 aliphatic carbocycles. The van der Waals surface area contributed by atoms with E-state index in [4.69, 9.17) is 0 Å². The lowest BCUT2D eigenvalue weighted by Crippen LogP contribution is -2.45. The molecule has 1 atom stereocenters. The first-order chi connectivity index (χ1) is 8.67. The van der Waals surface area contributed by atoms with E-state index < -0.39 is 0 Å². The lowest BCUT2D eigenvalue weighted by Gasteiger charge is -2.35. The van der Waals surface area contributed by atoms with Gasteiger partial charge in [-0.2, -0.15) is 0 Å². The van der Waals surface area contributed by atoms with Crippen LogP contribution >= 0.6 is 0 Å². The fraction of sp³-hybridized carbons (Fsp3) is 1.00. The molecule has 1 saturated heterocycles. The van der Waals surface area contributed by atoms with Gasteiger partial charge in [0.25, 0.3) is 0 Å². The van der Waals surface area contributed by atoms with E-state index in [-0.39, 0.29) is 0 Å². The second kappa shape index (κ2) is 8.92. The van der Waals surface area contributed by atoms with Gasteiger partial charge < -0.3 is 5.32 Å². The van der Waals surface area contributed by atoms with Gasteiger partial charge in [0.2, 0.25) is 0 Å². The maximum absolute atomic E-state index is 3.66. The summed E-state index contributed by atoms with van der Waals surface area (Å²) < 4.78 is 0. The van der Waals surface area contributed by atoms with Gasteiger partial charge in [-0.15, -0.1) is 0 Å². The molecule has 0 radical (unpaired) electrons. The first-order valence-electron chi connectivity index (χ1n) is 8.14. The van der Waals surface area contributed by atoms with Crippen molar-refractivity contribution in [3.8, 4) is 0 Å². The third-order valence-corrected chi connectivity index (χ3v) is 3.98. The smallest absolute Gasteiger partial charge is 0.0195 e. The van der Waals surface area contributed by atoms with Crippen LogP contribution in [0.25, 0.3) is 0 Å². The van der Waals surface area contributed by atoms with Crippen molar-refractivity contribution < 1.29 is 0 Å². The van der Waals surface area contributed by atoms with E-state index in [1.165, 1.54) is 58.2 Å². The summed E-state index contributed by atoms with van der Waals surface area (Å²) in [6.07, 6.45) is 8.11. The Hall–Kier alpha value is -0.0800. The molecule has 1 aliphatic rings. The minimum absolute atomic E-state index is 0.750. The molecule has 0 aromatic rings. The molecule has 2 heteroatoms. The van der Waals surface area contributed by atoms with Crippen LogP contribution in [0.15, 0.2) is 0 Å². The van der Waals surface area contributed by atoms with E-state index >= 15 is 0 Å². The molecule has 18 heavy (non-hydrogen) atoms. The third-order valence-electron chi connectivity index (χ3n) is 3.98. The van der Waals surface area contributed by atoms with Crippen molar-refractivity contribution >= 4 is 0 Å². The van der Waals surface area contributed by atoms with Gasteiger partial charge in [0.1, 0.15) is 0 Å². The van der Waals surface area contributed by atoms with Gasteiger partial charge >= 0.3 is 0 Å². The average molecular weight is 254 g/mol. The molecule has 108 valence electrons. The van der Waals surface area contributed by atoms with Crippen LogP contribution in [0.2, 0.25) is 0 Å². The molecule has 2 nitrogen and oxygen atoms in total. The Morgan fingerprint density at radius 2 is 1.83 bits per heavy atom. The summed E-state index contributed by atoms with van der Waals surface area (Å²) in [7, 11) is 0. The molecule has 1 aliphatic heterocycles. The zero-order valence-electron chi connectivity index (χ0n) is 13.0. The Bertz CT molecular complexity index is 191. The van der Waals surface area contributed by atoms with Crippen molar-refractivity contribution in [2.75, 3.05) is 19.6 Å². The van der Waals surface area contributed by atoms with Crippen LogP contribution in [0.5, 0.6) is 0 Å². The summed E-state index contributed by atoms with van der Waals surface area (Å²) in [6.45, 7) is 13.1. The van der Waals surface area contributed by atoms with Crippen molar-refractivity contribution in [2.24, 2.45) is 5.92 Å². The van der Waals surface area contributed by atoms with Crippen LogP contribution in [0.1, 0.15) is 66.2 Å². The monoisotopic (exact) mass is 254 g/mol. The van der Waals surface area contributed by atoms with E-state index in [1.807, 2.05) is 0 Å². The zero-order valence-corrected chi connectivity index (χ0v) is 13.0. The van der Waals surface area contributed by atoms with Gasteiger partial charge in [-0.3, -0.25) is 4.90 Å². The summed E-state index contributed by atoms with van der Waals surface area (Å²) in [5, 5.41) is 3.66. The third kappa shape index (κ3) is 5.71. The number of nitrogens with one attached hydrogen (secondary N) is 1. The van der Waals surface area contributed by atoms with Gasteiger partial charge in [0.15, 0.2) is 0 Å². The molecule has 1 heterocycles. The number of rotatable bonds is 9. The quantitative estimate of drug-likeness (QED) is 0.675. The minimum atomic E-state index is 0.750. The molecule has 1 fully saturated rings. The zero-order chi connectivity index (χ0) is 13.4. The molecule has 0 bridgehead atoms. The van der Waals surface area contributed by atoms with Crippen LogP contribution in [-0.4, -0.2) is 36.6 Å². The van der Waals surface area contributed by atoms with Crippen molar-refractivity contribution in [1.82, 2.24) is 10.2 Å². The van der Waals surface area contributed by atoms with Gasteiger partial charge in [-0.1, -0.05) is 40.5 Å². The van der Waals surface area contributed by atoms with E-state index in [1.54, 1.807) is 0 Å². The molecule has 0 amide bonds. The lowest BCUT2D eigenvalue weighted by atomic mass is 10.0. The van der Waals surface area contributed by atoms with Crippen molar-refractivity contribution in [2.45, 2.75) is 78.3 Å². The van der Waals surface area contributed by atoms with Gasteiger partial charge in [0.05, 0.1) is 0 Å². The van der Waals surface area contributed by atoms with Crippen molar-refractivity contribution in [1.29, 1.82) is 0 Å². The Morgan fingerprint density at radius 3 is 2.28 bits per heavy atom. The maximum Gasteiger partial charge on any atom is 0.0195 e. The Kier molecular flexibility index (Phi) is 7.92. The van der Waals surface area contributed by atoms with Gasteiger partial charge in [0, 0.05) is 25.2 Å². The summed E-state index contributed by atoms with van der Waals surface area (Å²) in [5.74, 6) is 0.780. The van der Waals surface area contributed by atoms with E-state index in [0.29, 0.717) is 0 Å². The molecule has 0 spiro atoms. The van der Waals surface area contributed by atoms with E-state index in [9.17, 15) is 0 Å². The summed E-state index contributed by atoms with van der Waals surface area (Å²) in [5.41, 5.74) is 0. The molecular formula is C16H34N2. The normalized spacial score (nSPS) is 20.5. The Morgan fingerprint density at radius 1 is 1.17 bits per heavy atom. The lowest BCUT2D eigenvalue weighted by molar-refractivity contribution is 0.143. The van der Waals surface area contributed by atoms with Gasteiger partial charge in [-0.05, 0) is 38.1 Å². The molecule has 0 aromatic carbocycles. The highest BCUT2D eigenvalue weighted by Gasteiger charge is 2.23. The highest BCUT2D eigenvalue weighted by atomic mass is 15.2. The highest BCUT2D eigenvalue weighted by molar-refractivity contribution is 4.82. The second-order valence-corrected chi connectivity index (χ2v) is 6.37. The molecule has 1 N–H and O–H groups in total. The number of hydrogen-bond acceptors (Lipinski definition) is 2. The van der Waals surface area contributed by atoms with Crippen LogP contribution in [0.4, 0.5) is 0 Å². The number of nitrogens with zero attached hydrogens (tertiary/aromatic N) is 1. The second-order valence-electron chi connectivity index (χ2n) is 6.37. The molecule has 0 aromatic heterocycles. The highest BCUT2D eigenvalue weighted by Crippen LogP contribution is 2.18. The van der Waals surface area contributed by atoms with Crippen LogP contribution < -0.4 is 5.32 Å². The summed E-state index contributed by atoms with van der Waals surface area (Å²) >= 11 is 0. The van der Waals surface area contributed by atoms with Crippen LogP contribution in [0, 0.1) is 5.92 Å².